The van der Waals surface area contributed by atoms with Crippen LogP contribution in [0.5, 0.6) is 0 Å². The zero-order valence-corrected chi connectivity index (χ0v) is 8.50. The molecule has 0 bridgehead atoms. The van der Waals surface area contributed by atoms with E-state index in [-0.39, 0.29) is 5.91 Å². The summed E-state index contributed by atoms with van der Waals surface area (Å²) in [6.07, 6.45) is 6.25. The molecule has 2 aromatic rings. The van der Waals surface area contributed by atoms with E-state index >= 15 is 0 Å². The van der Waals surface area contributed by atoms with Crippen molar-refractivity contribution in [1.29, 1.82) is 0 Å². The van der Waals surface area contributed by atoms with Gasteiger partial charge >= 0.3 is 0 Å². The summed E-state index contributed by atoms with van der Waals surface area (Å²) in [4.78, 5) is 15.4. The highest BCUT2D eigenvalue weighted by Crippen LogP contribution is 2.15. The van der Waals surface area contributed by atoms with E-state index in [1.165, 1.54) is 6.08 Å². The molecule has 0 aliphatic rings. The van der Waals surface area contributed by atoms with Crippen molar-refractivity contribution in [2.45, 2.75) is 0 Å². The third kappa shape index (κ3) is 1.98. The lowest BCUT2D eigenvalue weighted by Crippen LogP contribution is -2.11. The predicted molar refractivity (Wildman–Crippen MR) is 60.2 cm³/mol. The zero-order valence-electron chi connectivity index (χ0n) is 8.50. The molecule has 2 heterocycles. The highest BCUT2D eigenvalue weighted by Gasteiger charge is 2.06. The number of anilines is 1. The molecular formula is C11H10N4O. The predicted octanol–water partition coefficient (Wildman–Crippen LogP) is 1.39. The van der Waals surface area contributed by atoms with Crippen LogP contribution < -0.4 is 5.32 Å². The second kappa shape index (κ2) is 4.39. The highest BCUT2D eigenvalue weighted by atomic mass is 16.1. The van der Waals surface area contributed by atoms with E-state index < -0.39 is 0 Å². The Morgan fingerprint density at radius 3 is 3.00 bits per heavy atom. The number of hydrogen-bond donors (Lipinski definition) is 1. The first-order valence-corrected chi connectivity index (χ1v) is 4.69. The first-order valence-electron chi connectivity index (χ1n) is 4.69. The monoisotopic (exact) mass is 214 g/mol. The van der Waals surface area contributed by atoms with Crippen molar-refractivity contribution in [2.75, 3.05) is 5.32 Å². The fraction of sp³-hybridized carbons (Fsp3) is 0. The van der Waals surface area contributed by atoms with Crippen LogP contribution in [0.2, 0.25) is 0 Å². The van der Waals surface area contributed by atoms with E-state index in [1.807, 2.05) is 0 Å². The molecule has 0 radical (unpaired) electrons. The second-order valence-corrected chi connectivity index (χ2v) is 3.02. The van der Waals surface area contributed by atoms with Crippen molar-refractivity contribution < 1.29 is 4.79 Å². The fourth-order valence-electron chi connectivity index (χ4n) is 1.25. The molecule has 0 aromatic carbocycles. The van der Waals surface area contributed by atoms with E-state index in [1.54, 1.807) is 41.5 Å². The zero-order chi connectivity index (χ0) is 11.4. The van der Waals surface area contributed by atoms with Gasteiger partial charge in [0.1, 0.15) is 0 Å². The normalized spacial score (nSPS) is 9.75. The number of rotatable bonds is 3. The summed E-state index contributed by atoms with van der Waals surface area (Å²) in [5, 5.41) is 6.73. The Kier molecular flexibility index (Phi) is 2.77. The molecule has 2 rings (SSSR count). The minimum absolute atomic E-state index is 0.276. The lowest BCUT2D eigenvalue weighted by atomic mass is 10.3. The van der Waals surface area contributed by atoms with Gasteiger partial charge in [0, 0.05) is 18.6 Å². The van der Waals surface area contributed by atoms with Gasteiger partial charge in [-0.2, -0.15) is 5.10 Å². The topological polar surface area (TPSA) is 59.8 Å². The van der Waals surface area contributed by atoms with E-state index in [0.29, 0.717) is 11.5 Å². The molecule has 1 N–H and O–H groups in total. The Labute approximate surface area is 92.4 Å². The number of amides is 1. The third-order valence-corrected chi connectivity index (χ3v) is 1.95. The number of nitrogens with zero attached hydrogens (tertiary/aromatic N) is 3. The quantitative estimate of drug-likeness (QED) is 0.785. The molecular weight excluding hydrogens is 204 g/mol. The van der Waals surface area contributed by atoms with Gasteiger partial charge in [-0.15, -0.1) is 0 Å². The van der Waals surface area contributed by atoms with Crippen LogP contribution in [0.15, 0.2) is 49.4 Å². The fourth-order valence-corrected chi connectivity index (χ4v) is 1.25. The molecule has 0 saturated heterocycles. The van der Waals surface area contributed by atoms with Crippen molar-refractivity contribution in [1.82, 2.24) is 14.8 Å². The molecule has 0 atom stereocenters. The average molecular weight is 214 g/mol. The molecule has 5 heteroatoms. The smallest absolute Gasteiger partial charge is 0.247 e. The Morgan fingerprint density at radius 2 is 2.31 bits per heavy atom. The van der Waals surface area contributed by atoms with Crippen LogP contribution in [-0.2, 0) is 4.79 Å². The van der Waals surface area contributed by atoms with Crippen molar-refractivity contribution in [2.24, 2.45) is 0 Å². The average Bonchev–Trinajstić information content (AvgIpc) is 2.83. The number of pyridine rings is 1. The minimum Gasteiger partial charge on any atom is -0.319 e. The summed E-state index contributed by atoms with van der Waals surface area (Å²) in [6.45, 7) is 3.39. The van der Waals surface area contributed by atoms with Crippen molar-refractivity contribution in [3.8, 4) is 5.82 Å². The Balaban J connectivity index is 2.38. The number of carbonyl (C=O) groups is 1. The van der Waals surface area contributed by atoms with Gasteiger partial charge in [0.05, 0.1) is 5.69 Å². The Morgan fingerprint density at radius 1 is 1.44 bits per heavy atom. The van der Waals surface area contributed by atoms with Gasteiger partial charge in [-0.3, -0.25) is 4.79 Å². The van der Waals surface area contributed by atoms with Crippen molar-refractivity contribution >= 4 is 11.6 Å². The van der Waals surface area contributed by atoms with Crippen LogP contribution in [-0.4, -0.2) is 20.7 Å². The molecule has 0 fully saturated rings. The first-order chi connectivity index (χ1) is 7.81. The Bertz CT molecular complexity index is 504. The first kappa shape index (κ1) is 10.1. The molecule has 1 amide bonds. The molecule has 0 aliphatic heterocycles. The van der Waals surface area contributed by atoms with Gasteiger partial charge in [0.2, 0.25) is 5.91 Å². The van der Waals surface area contributed by atoms with Crippen molar-refractivity contribution in [3.63, 3.8) is 0 Å². The molecule has 0 aliphatic carbocycles. The van der Waals surface area contributed by atoms with Gasteiger partial charge in [0.15, 0.2) is 5.82 Å². The highest BCUT2D eigenvalue weighted by molar-refractivity contribution is 5.99. The van der Waals surface area contributed by atoms with Crippen LogP contribution in [0.4, 0.5) is 5.69 Å². The lowest BCUT2D eigenvalue weighted by molar-refractivity contribution is -0.111. The molecule has 0 saturated carbocycles. The number of carbonyl (C=O) groups excluding carboxylic acids is 1. The summed E-state index contributed by atoms with van der Waals surface area (Å²) >= 11 is 0. The van der Waals surface area contributed by atoms with Crippen LogP contribution in [0.3, 0.4) is 0 Å². The summed E-state index contributed by atoms with van der Waals surface area (Å²) < 4.78 is 1.58. The van der Waals surface area contributed by atoms with Crippen molar-refractivity contribution in [3.05, 3.63) is 49.4 Å². The summed E-state index contributed by atoms with van der Waals surface area (Å²) in [5.74, 6) is 0.295. The lowest BCUT2D eigenvalue weighted by Gasteiger charge is -2.07. The van der Waals surface area contributed by atoms with Gasteiger partial charge in [-0.05, 0) is 24.3 Å². The maximum atomic E-state index is 11.2. The van der Waals surface area contributed by atoms with E-state index in [2.05, 4.69) is 22.0 Å². The molecule has 5 nitrogen and oxygen atoms in total. The Hall–Kier alpha value is -2.43. The minimum atomic E-state index is -0.276. The summed E-state index contributed by atoms with van der Waals surface area (Å²) in [5.41, 5.74) is 0.594. The number of aromatic nitrogens is 3. The van der Waals surface area contributed by atoms with Crippen LogP contribution in [0.25, 0.3) is 5.82 Å². The SMILES string of the molecule is C=CC(=O)Nc1cccnc1-n1cccn1. The molecule has 0 spiro atoms. The largest absolute Gasteiger partial charge is 0.319 e. The van der Waals surface area contributed by atoms with Gasteiger partial charge < -0.3 is 5.32 Å². The van der Waals surface area contributed by atoms with Gasteiger partial charge in [0.25, 0.3) is 0 Å². The summed E-state index contributed by atoms with van der Waals surface area (Å²) in [7, 11) is 0. The van der Waals surface area contributed by atoms with E-state index in [9.17, 15) is 4.79 Å². The number of hydrogen-bond acceptors (Lipinski definition) is 3. The third-order valence-electron chi connectivity index (χ3n) is 1.95. The van der Waals surface area contributed by atoms with Gasteiger partial charge in [-0.25, -0.2) is 9.67 Å². The maximum Gasteiger partial charge on any atom is 0.247 e. The van der Waals surface area contributed by atoms with Crippen LogP contribution in [0.1, 0.15) is 0 Å². The van der Waals surface area contributed by atoms with Gasteiger partial charge in [-0.1, -0.05) is 6.58 Å². The second-order valence-electron chi connectivity index (χ2n) is 3.02. The molecule has 16 heavy (non-hydrogen) atoms. The molecule has 80 valence electrons. The molecule has 2 aromatic heterocycles. The van der Waals surface area contributed by atoms with E-state index in [4.69, 9.17) is 0 Å². The standard InChI is InChI=1S/C11H10N4O/c1-2-10(16)14-9-5-3-6-12-11(9)15-8-4-7-13-15/h2-8H,1H2,(H,14,16). The molecule has 0 unspecified atom stereocenters. The van der Waals surface area contributed by atoms with Crippen LogP contribution >= 0.6 is 0 Å². The van der Waals surface area contributed by atoms with Crippen LogP contribution in [0, 0.1) is 0 Å². The number of nitrogens with one attached hydrogen (secondary N) is 1. The maximum absolute atomic E-state index is 11.2. The summed E-state index contributed by atoms with van der Waals surface area (Å²) in [6, 6.07) is 5.28. The van der Waals surface area contributed by atoms with E-state index in [0.717, 1.165) is 0 Å².